The zero-order valence-corrected chi connectivity index (χ0v) is 14.4. The summed E-state index contributed by atoms with van der Waals surface area (Å²) in [7, 11) is -1.21. The molecular formula is C14H23N3O2S2. The van der Waals surface area contributed by atoms with Crippen molar-refractivity contribution in [3.63, 3.8) is 0 Å². The van der Waals surface area contributed by atoms with Crippen LogP contribution < -0.4 is 10.2 Å². The largest absolute Gasteiger partial charge is 0.353 e. The van der Waals surface area contributed by atoms with E-state index >= 15 is 0 Å². The summed E-state index contributed by atoms with van der Waals surface area (Å²) in [5, 5.41) is 2.70. The molecule has 0 bridgehead atoms. The average Bonchev–Trinajstić information content (AvgIpc) is 2.49. The summed E-state index contributed by atoms with van der Waals surface area (Å²) in [5.41, 5.74) is 2.96. The van der Waals surface area contributed by atoms with E-state index in [0.29, 0.717) is 12.3 Å². The fourth-order valence-corrected chi connectivity index (χ4v) is 5.50. The van der Waals surface area contributed by atoms with E-state index in [-0.39, 0.29) is 5.75 Å². The number of nitrogens with one attached hydrogen (secondary N) is 1. The molecule has 0 aromatic carbocycles. The van der Waals surface area contributed by atoms with Gasteiger partial charge in [0.25, 0.3) is 0 Å². The molecule has 1 aromatic heterocycles. The quantitative estimate of drug-likeness (QED) is 0.882. The van der Waals surface area contributed by atoms with Crippen molar-refractivity contribution in [2.45, 2.75) is 25.8 Å². The second kappa shape index (κ2) is 6.98. The Labute approximate surface area is 131 Å². The summed E-state index contributed by atoms with van der Waals surface area (Å²) in [6.07, 6.45) is 1.85. The van der Waals surface area contributed by atoms with Crippen LogP contribution in [-0.4, -0.2) is 49.6 Å². The van der Waals surface area contributed by atoms with E-state index in [9.17, 15) is 8.42 Å². The number of sulfone groups is 1. The van der Waals surface area contributed by atoms with Gasteiger partial charge in [0.2, 0.25) is 0 Å². The third kappa shape index (κ3) is 3.70. The van der Waals surface area contributed by atoms with Gasteiger partial charge in [0.05, 0.1) is 0 Å². The first-order chi connectivity index (χ1) is 9.99. The molecule has 0 saturated carbocycles. The van der Waals surface area contributed by atoms with Gasteiger partial charge < -0.3 is 10.2 Å². The Morgan fingerprint density at radius 3 is 2.95 bits per heavy atom. The second-order valence-electron chi connectivity index (χ2n) is 5.16. The topological polar surface area (TPSA) is 62.3 Å². The molecule has 1 aliphatic heterocycles. The molecule has 0 aliphatic carbocycles. The molecule has 0 amide bonds. The van der Waals surface area contributed by atoms with Crippen molar-refractivity contribution in [3.8, 4) is 0 Å². The van der Waals surface area contributed by atoms with Gasteiger partial charge >= 0.3 is 0 Å². The van der Waals surface area contributed by atoms with Crippen LogP contribution >= 0.6 is 11.8 Å². The molecule has 1 N–H and O–H groups in total. The minimum Gasteiger partial charge on any atom is -0.353 e. The molecular weight excluding hydrogens is 306 g/mol. The van der Waals surface area contributed by atoms with Gasteiger partial charge in [-0.2, -0.15) is 11.8 Å². The van der Waals surface area contributed by atoms with E-state index < -0.39 is 15.2 Å². The fourth-order valence-electron chi connectivity index (χ4n) is 2.51. The number of anilines is 1. The highest BCUT2D eigenvalue weighted by atomic mass is 32.2. The molecule has 1 unspecified atom stereocenters. The van der Waals surface area contributed by atoms with Crippen LogP contribution in [0.25, 0.3) is 0 Å². The Morgan fingerprint density at radius 2 is 2.29 bits per heavy atom. The van der Waals surface area contributed by atoms with Gasteiger partial charge in [-0.15, -0.1) is 0 Å². The average molecular weight is 329 g/mol. The van der Waals surface area contributed by atoms with Crippen molar-refractivity contribution in [3.05, 3.63) is 23.5 Å². The van der Waals surface area contributed by atoms with E-state index in [4.69, 9.17) is 0 Å². The Bertz CT molecular complexity index is 590. The molecule has 7 heteroatoms. The van der Waals surface area contributed by atoms with Crippen LogP contribution in [0.3, 0.4) is 0 Å². The van der Waals surface area contributed by atoms with E-state index in [1.165, 1.54) is 0 Å². The predicted molar refractivity (Wildman–Crippen MR) is 89.7 cm³/mol. The molecule has 118 valence electrons. The number of nitrogens with zero attached hydrogens (tertiary/aromatic N) is 2. The highest BCUT2D eigenvalue weighted by Crippen LogP contribution is 2.30. The maximum atomic E-state index is 12.4. The first-order valence-electron chi connectivity index (χ1n) is 7.15. The fraction of sp³-hybridized carbons (Fsp3) is 0.643. The Morgan fingerprint density at radius 1 is 1.52 bits per heavy atom. The summed E-state index contributed by atoms with van der Waals surface area (Å²) < 4.78 is 24.8. The van der Waals surface area contributed by atoms with Gasteiger partial charge in [-0.1, -0.05) is 6.92 Å². The third-order valence-corrected chi connectivity index (χ3v) is 6.97. The first-order valence-corrected chi connectivity index (χ1v) is 10.0. The van der Waals surface area contributed by atoms with Crippen molar-refractivity contribution < 1.29 is 8.42 Å². The summed E-state index contributed by atoms with van der Waals surface area (Å²) >= 11 is 1.71. The third-order valence-electron chi connectivity index (χ3n) is 3.68. The standard InChI is InChI=1S/C14H23N3O2S2/c1-4-21(18,19)14-10-20-6-5-17(14)13-7-11(2)16-9-12(13)8-15-3/h7,9,14-15H,4-6,8,10H2,1-3H3. The minimum absolute atomic E-state index is 0.181. The maximum absolute atomic E-state index is 12.4. The number of pyridine rings is 1. The first kappa shape index (κ1) is 16.6. The van der Waals surface area contributed by atoms with Crippen LogP contribution in [-0.2, 0) is 16.4 Å². The van der Waals surface area contributed by atoms with Crippen LogP contribution in [0.15, 0.2) is 12.3 Å². The smallest absolute Gasteiger partial charge is 0.171 e. The number of hydrogen-bond donors (Lipinski definition) is 1. The minimum atomic E-state index is -3.10. The molecule has 0 radical (unpaired) electrons. The van der Waals surface area contributed by atoms with Crippen molar-refractivity contribution in [1.29, 1.82) is 0 Å². The summed E-state index contributed by atoms with van der Waals surface area (Å²) in [6, 6.07) is 2.00. The molecule has 1 fully saturated rings. The molecule has 0 spiro atoms. The number of rotatable bonds is 5. The molecule has 1 aliphatic rings. The lowest BCUT2D eigenvalue weighted by molar-refractivity contribution is 0.579. The Hall–Kier alpha value is -0.790. The SMILES string of the molecule is CCS(=O)(=O)C1CSCCN1c1cc(C)ncc1CNC. The molecule has 5 nitrogen and oxygen atoms in total. The summed E-state index contributed by atoms with van der Waals surface area (Å²) in [4.78, 5) is 6.39. The van der Waals surface area contributed by atoms with Crippen molar-refractivity contribution in [2.75, 3.05) is 35.8 Å². The zero-order valence-electron chi connectivity index (χ0n) is 12.8. The van der Waals surface area contributed by atoms with Gasteiger partial charge in [-0.25, -0.2) is 8.42 Å². The van der Waals surface area contributed by atoms with Crippen LogP contribution in [0, 0.1) is 6.92 Å². The van der Waals surface area contributed by atoms with Gasteiger partial charge in [-0.3, -0.25) is 4.98 Å². The number of aryl methyl sites for hydroxylation is 1. The van der Waals surface area contributed by atoms with E-state index in [1.807, 2.05) is 26.2 Å². The summed E-state index contributed by atoms with van der Waals surface area (Å²) in [6.45, 7) is 5.10. The van der Waals surface area contributed by atoms with Gasteiger partial charge in [0.15, 0.2) is 9.84 Å². The van der Waals surface area contributed by atoms with Gasteiger partial charge in [0.1, 0.15) is 5.37 Å². The highest BCUT2D eigenvalue weighted by molar-refractivity contribution is 8.01. The highest BCUT2D eigenvalue weighted by Gasteiger charge is 2.33. The Balaban J connectivity index is 2.44. The van der Waals surface area contributed by atoms with Crippen LogP contribution in [0.4, 0.5) is 5.69 Å². The van der Waals surface area contributed by atoms with Gasteiger partial charge in [-0.05, 0) is 20.0 Å². The maximum Gasteiger partial charge on any atom is 0.171 e. The van der Waals surface area contributed by atoms with Crippen LogP contribution in [0.5, 0.6) is 0 Å². The summed E-state index contributed by atoms with van der Waals surface area (Å²) in [5.74, 6) is 1.77. The predicted octanol–water partition coefficient (Wildman–Crippen LogP) is 1.42. The number of hydrogen-bond acceptors (Lipinski definition) is 6. The van der Waals surface area contributed by atoms with Crippen molar-refractivity contribution in [2.24, 2.45) is 0 Å². The molecule has 1 saturated heterocycles. The number of thioether (sulfide) groups is 1. The van der Waals surface area contributed by atoms with Crippen LogP contribution in [0.2, 0.25) is 0 Å². The number of aromatic nitrogens is 1. The zero-order chi connectivity index (χ0) is 15.5. The van der Waals surface area contributed by atoms with E-state index in [0.717, 1.165) is 29.2 Å². The van der Waals surface area contributed by atoms with Crippen LogP contribution in [0.1, 0.15) is 18.2 Å². The van der Waals surface area contributed by atoms with Crippen molar-refractivity contribution >= 4 is 27.3 Å². The molecule has 21 heavy (non-hydrogen) atoms. The lowest BCUT2D eigenvalue weighted by atomic mass is 10.2. The Kier molecular flexibility index (Phi) is 5.51. The molecule has 1 aromatic rings. The lowest BCUT2D eigenvalue weighted by Gasteiger charge is -2.37. The molecule has 2 rings (SSSR count). The normalized spacial score (nSPS) is 19.8. The van der Waals surface area contributed by atoms with E-state index in [1.54, 1.807) is 18.7 Å². The lowest BCUT2D eigenvalue weighted by Crippen LogP contribution is -2.48. The monoisotopic (exact) mass is 329 g/mol. The van der Waals surface area contributed by atoms with E-state index in [2.05, 4.69) is 15.2 Å². The molecule has 1 atom stereocenters. The van der Waals surface area contributed by atoms with Crippen molar-refractivity contribution in [1.82, 2.24) is 10.3 Å². The van der Waals surface area contributed by atoms with Gasteiger partial charge in [0, 0.05) is 53.5 Å². The second-order valence-corrected chi connectivity index (χ2v) is 8.76. The molecule has 2 heterocycles.